The molecule has 1 aromatic carbocycles. The van der Waals surface area contributed by atoms with E-state index < -0.39 is 10.0 Å². The molecule has 1 saturated carbocycles. The first-order valence-electron chi connectivity index (χ1n) is 10.2. The lowest BCUT2D eigenvalue weighted by Gasteiger charge is -2.26. The fourth-order valence-electron chi connectivity index (χ4n) is 3.52. The summed E-state index contributed by atoms with van der Waals surface area (Å²) in [4.78, 5) is 12.4. The monoisotopic (exact) mass is 444 g/mol. The van der Waals surface area contributed by atoms with Gasteiger partial charge >= 0.3 is 0 Å². The Kier molecular flexibility index (Phi) is 5.16. The summed E-state index contributed by atoms with van der Waals surface area (Å²) < 4.78 is 38.1. The van der Waals surface area contributed by atoms with Crippen LogP contribution in [0.2, 0.25) is 0 Å². The van der Waals surface area contributed by atoms with Crippen LogP contribution in [0.4, 0.5) is 17.5 Å². The van der Waals surface area contributed by atoms with Crippen LogP contribution in [0.5, 0.6) is 5.75 Å². The van der Waals surface area contributed by atoms with Crippen molar-refractivity contribution in [1.82, 2.24) is 19.3 Å². The highest BCUT2D eigenvalue weighted by molar-refractivity contribution is 7.89. The number of rotatable bonds is 7. The zero-order valence-corrected chi connectivity index (χ0v) is 17.9. The number of ether oxygens (including phenoxy) is 2. The molecule has 0 radical (unpaired) electrons. The lowest BCUT2D eigenvalue weighted by atomic mass is 10.3. The molecule has 2 fully saturated rings. The van der Waals surface area contributed by atoms with Gasteiger partial charge in [-0.2, -0.15) is 14.3 Å². The number of benzene rings is 1. The molecule has 0 amide bonds. The van der Waals surface area contributed by atoms with Gasteiger partial charge in [0.05, 0.1) is 36.3 Å². The molecule has 0 atom stereocenters. The maximum Gasteiger partial charge on any atom is 0.243 e. The predicted octanol–water partition coefficient (Wildman–Crippen LogP) is 2.31. The Hall–Kier alpha value is -2.89. The second kappa shape index (κ2) is 7.98. The van der Waals surface area contributed by atoms with E-state index in [2.05, 4.69) is 25.6 Å². The van der Waals surface area contributed by atoms with Crippen LogP contribution in [-0.2, 0) is 14.8 Å². The molecule has 0 spiro atoms. The first-order chi connectivity index (χ1) is 15.0. The molecule has 3 heterocycles. The number of sulfonamides is 1. The second-order valence-electron chi connectivity index (χ2n) is 7.56. The van der Waals surface area contributed by atoms with Gasteiger partial charge in [-0.1, -0.05) is 0 Å². The third-order valence-electron chi connectivity index (χ3n) is 5.36. The number of aromatic nitrogens is 3. The molecule has 1 aliphatic heterocycles. The first kappa shape index (κ1) is 20.0. The third-order valence-corrected chi connectivity index (χ3v) is 7.26. The van der Waals surface area contributed by atoms with E-state index in [9.17, 15) is 8.42 Å². The molecular formula is C20H24N6O4S. The van der Waals surface area contributed by atoms with Gasteiger partial charge < -0.3 is 25.1 Å². The van der Waals surface area contributed by atoms with Crippen molar-refractivity contribution in [2.75, 3.05) is 44.0 Å². The second-order valence-corrected chi connectivity index (χ2v) is 9.50. The maximum absolute atomic E-state index is 13.0. The molecule has 3 N–H and O–H groups in total. The summed E-state index contributed by atoms with van der Waals surface area (Å²) in [6, 6.07) is 7.13. The molecular weight excluding hydrogens is 420 g/mol. The Labute approximate surface area is 180 Å². The van der Waals surface area contributed by atoms with Crippen LogP contribution in [-0.4, -0.2) is 67.1 Å². The van der Waals surface area contributed by atoms with E-state index in [1.54, 1.807) is 12.1 Å². The Balaban J connectivity index is 1.44. The van der Waals surface area contributed by atoms with Gasteiger partial charge in [0.25, 0.3) is 0 Å². The number of hydrogen-bond donors (Lipinski definition) is 3. The highest BCUT2D eigenvalue weighted by Gasteiger charge is 2.27. The average molecular weight is 445 g/mol. The maximum atomic E-state index is 13.0. The van der Waals surface area contributed by atoms with Crippen molar-refractivity contribution >= 4 is 38.5 Å². The largest absolute Gasteiger partial charge is 0.495 e. The molecule has 0 bridgehead atoms. The van der Waals surface area contributed by atoms with Crippen LogP contribution in [0.3, 0.4) is 0 Å². The summed E-state index contributed by atoms with van der Waals surface area (Å²) >= 11 is 0. The van der Waals surface area contributed by atoms with Crippen molar-refractivity contribution in [2.45, 2.75) is 23.8 Å². The molecule has 2 aromatic heterocycles. The van der Waals surface area contributed by atoms with Crippen LogP contribution in [0.25, 0.3) is 11.0 Å². The van der Waals surface area contributed by atoms with Crippen molar-refractivity contribution in [3.63, 3.8) is 0 Å². The standard InChI is InChI=1S/C20H24N6O4S/c1-29-17-12-14(31(27,28)26-8-10-30-11-9-26)4-5-16(17)23-20-24-18-15(6-7-21-18)19(25-20)22-13-2-3-13/h4-7,12-13H,2-3,8-11H2,1H3,(H3,21,22,23,24,25). The van der Waals surface area contributed by atoms with Gasteiger partial charge in [-0.3, -0.25) is 0 Å². The minimum atomic E-state index is -3.62. The first-order valence-corrected chi connectivity index (χ1v) is 11.6. The van der Waals surface area contributed by atoms with E-state index in [0.29, 0.717) is 55.4 Å². The summed E-state index contributed by atoms with van der Waals surface area (Å²) in [7, 11) is -2.12. The Morgan fingerprint density at radius 3 is 2.74 bits per heavy atom. The third kappa shape index (κ3) is 4.03. The van der Waals surface area contributed by atoms with Crippen molar-refractivity contribution in [2.24, 2.45) is 0 Å². The average Bonchev–Trinajstić information content (AvgIpc) is 3.47. The normalized spacial score (nSPS) is 17.6. The van der Waals surface area contributed by atoms with Crippen LogP contribution in [0.1, 0.15) is 12.8 Å². The Morgan fingerprint density at radius 1 is 1.19 bits per heavy atom. The summed E-state index contributed by atoms with van der Waals surface area (Å²) in [5.41, 5.74) is 1.29. The van der Waals surface area contributed by atoms with Crippen molar-refractivity contribution < 1.29 is 17.9 Å². The molecule has 11 heteroatoms. The number of H-pyrrole nitrogens is 1. The molecule has 164 valence electrons. The van der Waals surface area contributed by atoms with Crippen molar-refractivity contribution in [1.29, 1.82) is 0 Å². The molecule has 0 unspecified atom stereocenters. The quantitative estimate of drug-likeness (QED) is 0.508. The van der Waals surface area contributed by atoms with Crippen molar-refractivity contribution in [3.05, 3.63) is 30.5 Å². The van der Waals surface area contributed by atoms with Crippen molar-refractivity contribution in [3.8, 4) is 5.75 Å². The van der Waals surface area contributed by atoms with Crippen LogP contribution in [0.15, 0.2) is 35.4 Å². The predicted molar refractivity (Wildman–Crippen MR) is 116 cm³/mol. The molecule has 31 heavy (non-hydrogen) atoms. The van der Waals surface area contributed by atoms with Gasteiger partial charge in [0.15, 0.2) is 0 Å². The SMILES string of the molecule is COc1cc(S(=O)(=O)N2CCOCC2)ccc1Nc1nc(NC2CC2)c2cc[nH]c2n1. The van der Waals surface area contributed by atoms with E-state index >= 15 is 0 Å². The molecule has 5 rings (SSSR count). The van der Waals surface area contributed by atoms with Gasteiger partial charge in [0, 0.05) is 31.4 Å². The Bertz CT molecular complexity index is 1200. The van der Waals surface area contributed by atoms with Gasteiger partial charge in [-0.25, -0.2) is 8.42 Å². The molecule has 1 aliphatic carbocycles. The van der Waals surface area contributed by atoms with Gasteiger partial charge in [0.2, 0.25) is 16.0 Å². The molecule has 2 aliphatic rings. The number of methoxy groups -OCH3 is 1. The summed E-state index contributed by atoms with van der Waals surface area (Å²) in [5, 5.41) is 7.52. The van der Waals surface area contributed by atoms with Crippen LogP contribution < -0.4 is 15.4 Å². The summed E-state index contributed by atoms with van der Waals surface area (Å²) in [6.07, 6.45) is 4.09. The van der Waals surface area contributed by atoms with E-state index in [4.69, 9.17) is 9.47 Å². The molecule has 10 nitrogen and oxygen atoms in total. The lowest BCUT2D eigenvalue weighted by Crippen LogP contribution is -2.40. The van der Waals surface area contributed by atoms with E-state index in [-0.39, 0.29) is 4.90 Å². The topological polar surface area (TPSA) is 121 Å². The number of nitrogens with one attached hydrogen (secondary N) is 3. The van der Waals surface area contributed by atoms with Gasteiger partial charge in [0.1, 0.15) is 17.2 Å². The van der Waals surface area contributed by atoms with Gasteiger partial charge in [-0.05, 0) is 31.0 Å². The highest BCUT2D eigenvalue weighted by Crippen LogP contribution is 2.33. The number of aromatic amines is 1. The number of hydrogen-bond acceptors (Lipinski definition) is 8. The van der Waals surface area contributed by atoms with Gasteiger partial charge in [-0.15, -0.1) is 0 Å². The lowest BCUT2D eigenvalue weighted by molar-refractivity contribution is 0.0730. The fourth-order valence-corrected chi connectivity index (χ4v) is 4.94. The summed E-state index contributed by atoms with van der Waals surface area (Å²) in [5.74, 6) is 1.54. The smallest absolute Gasteiger partial charge is 0.243 e. The number of morpholine rings is 1. The van der Waals surface area contributed by atoms with E-state index in [1.807, 2.05) is 12.3 Å². The zero-order valence-electron chi connectivity index (χ0n) is 17.1. The van der Waals surface area contributed by atoms with E-state index in [1.165, 1.54) is 17.5 Å². The van der Waals surface area contributed by atoms with E-state index in [0.717, 1.165) is 24.0 Å². The highest BCUT2D eigenvalue weighted by atomic mass is 32.2. The number of nitrogens with zero attached hydrogens (tertiary/aromatic N) is 3. The van der Waals surface area contributed by atoms with Crippen LogP contribution in [0, 0.1) is 0 Å². The Morgan fingerprint density at radius 2 is 2.00 bits per heavy atom. The minimum Gasteiger partial charge on any atom is -0.495 e. The number of fused-ring (bicyclic) bond motifs is 1. The fraction of sp³-hybridized carbons (Fsp3) is 0.400. The zero-order chi connectivity index (χ0) is 21.4. The number of anilines is 3. The summed E-state index contributed by atoms with van der Waals surface area (Å²) in [6.45, 7) is 1.47. The van der Waals surface area contributed by atoms with Crippen LogP contribution >= 0.6 is 0 Å². The molecule has 3 aromatic rings. The molecule has 1 saturated heterocycles. The minimum absolute atomic E-state index is 0.175.